The number of rotatable bonds is 10. The number of hydrogen-bond donors (Lipinski definition) is 1. The van der Waals surface area contributed by atoms with E-state index in [-0.39, 0.29) is 17.3 Å². The molecule has 0 spiro atoms. The minimum absolute atomic E-state index is 0.186. The Kier molecular flexibility index (Phi) is 7.59. The number of furan rings is 1. The first-order valence-electron chi connectivity index (χ1n) is 9.58. The standard InChI is InChI=1S/C22H24N2O4S2/c1-2-24(30(26,27)21-8-4-3-5-9-21)19-12-10-18(11-13-19)22(25)23-14-16-29-17-20-7-6-15-28-20/h3-13,15H,2,14,16-17H2,1H3,(H,23,25). The molecule has 2 aromatic carbocycles. The molecule has 1 amide bonds. The van der Waals surface area contributed by atoms with Crippen molar-refractivity contribution in [3.63, 3.8) is 0 Å². The normalized spacial score (nSPS) is 11.2. The van der Waals surface area contributed by atoms with Crippen LogP contribution >= 0.6 is 11.8 Å². The number of hydrogen-bond acceptors (Lipinski definition) is 5. The molecule has 0 aliphatic carbocycles. The van der Waals surface area contributed by atoms with E-state index >= 15 is 0 Å². The summed E-state index contributed by atoms with van der Waals surface area (Å²) in [5.74, 6) is 2.26. The Labute approximate surface area is 181 Å². The Hall–Kier alpha value is -2.71. The van der Waals surface area contributed by atoms with Crippen LogP contribution in [0.25, 0.3) is 0 Å². The molecule has 8 heteroatoms. The van der Waals surface area contributed by atoms with Crippen molar-refractivity contribution in [1.29, 1.82) is 0 Å². The molecular weight excluding hydrogens is 420 g/mol. The topological polar surface area (TPSA) is 79.6 Å². The smallest absolute Gasteiger partial charge is 0.264 e. The lowest BCUT2D eigenvalue weighted by Crippen LogP contribution is -2.31. The Morgan fingerprint density at radius 2 is 1.77 bits per heavy atom. The van der Waals surface area contributed by atoms with Gasteiger partial charge in [-0.1, -0.05) is 18.2 Å². The minimum Gasteiger partial charge on any atom is -0.468 e. The van der Waals surface area contributed by atoms with Crippen LogP contribution in [0.1, 0.15) is 23.0 Å². The zero-order valence-corrected chi connectivity index (χ0v) is 18.3. The zero-order chi connectivity index (χ0) is 21.4. The summed E-state index contributed by atoms with van der Waals surface area (Å²) >= 11 is 1.68. The number of benzene rings is 2. The molecule has 0 saturated carbocycles. The van der Waals surface area contributed by atoms with Crippen molar-refractivity contribution in [2.24, 2.45) is 0 Å². The van der Waals surface area contributed by atoms with Crippen LogP contribution in [0, 0.1) is 0 Å². The predicted octanol–water partition coefficient (Wildman–Crippen LogP) is 4.16. The molecule has 158 valence electrons. The lowest BCUT2D eigenvalue weighted by Gasteiger charge is -2.23. The summed E-state index contributed by atoms with van der Waals surface area (Å²) in [6.45, 7) is 2.60. The van der Waals surface area contributed by atoms with Gasteiger partial charge in [-0.05, 0) is 55.5 Å². The summed E-state index contributed by atoms with van der Waals surface area (Å²) in [5.41, 5.74) is 1.01. The molecule has 0 fully saturated rings. The highest BCUT2D eigenvalue weighted by molar-refractivity contribution is 7.98. The highest BCUT2D eigenvalue weighted by Gasteiger charge is 2.23. The molecule has 0 aliphatic heterocycles. The van der Waals surface area contributed by atoms with Gasteiger partial charge >= 0.3 is 0 Å². The average Bonchev–Trinajstić information content (AvgIpc) is 3.28. The van der Waals surface area contributed by atoms with Crippen LogP contribution in [0.3, 0.4) is 0 Å². The summed E-state index contributed by atoms with van der Waals surface area (Å²) < 4.78 is 32.4. The Morgan fingerprint density at radius 3 is 2.40 bits per heavy atom. The van der Waals surface area contributed by atoms with Gasteiger partial charge in [0.2, 0.25) is 0 Å². The molecule has 3 aromatic rings. The summed E-state index contributed by atoms with van der Waals surface area (Å²) in [5, 5.41) is 2.88. The molecule has 30 heavy (non-hydrogen) atoms. The second-order valence-electron chi connectivity index (χ2n) is 6.42. The van der Waals surface area contributed by atoms with Crippen LogP contribution in [-0.2, 0) is 15.8 Å². The van der Waals surface area contributed by atoms with Gasteiger partial charge in [-0.15, -0.1) is 0 Å². The largest absolute Gasteiger partial charge is 0.468 e. The van der Waals surface area contributed by atoms with Gasteiger partial charge in [0.25, 0.3) is 15.9 Å². The van der Waals surface area contributed by atoms with E-state index in [9.17, 15) is 13.2 Å². The van der Waals surface area contributed by atoms with Crippen LogP contribution in [0.2, 0.25) is 0 Å². The van der Waals surface area contributed by atoms with Crippen molar-refractivity contribution in [1.82, 2.24) is 5.32 Å². The Morgan fingerprint density at radius 1 is 1.03 bits per heavy atom. The fraction of sp³-hybridized carbons (Fsp3) is 0.227. The molecular formula is C22H24N2O4S2. The quantitative estimate of drug-likeness (QED) is 0.475. The summed E-state index contributed by atoms with van der Waals surface area (Å²) in [4.78, 5) is 12.6. The molecule has 6 nitrogen and oxygen atoms in total. The van der Waals surface area contributed by atoms with Crippen molar-refractivity contribution >= 4 is 33.4 Å². The number of thioether (sulfide) groups is 1. The maximum absolute atomic E-state index is 12.9. The lowest BCUT2D eigenvalue weighted by atomic mass is 10.2. The van der Waals surface area contributed by atoms with Gasteiger partial charge in [-0.25, -0.2) is 8.42 Å². The number of anilines is 1. The first-order chi connectivity index (χ1) is 14.5. The third kappa shape index (κ3) is 5.46. The van der Waals surface area contributed by atoms with Gasteiger partial charge in [0.1, 0.15) is 5.76 Å². The van der Waals surface area contributed by atoms with E-state index in [4.69, 9.17) is 4.42 Å². The molecule has 0 atom stereocenters. The number of sulfonamides is 1. The predicted molar refractivity (Wildman–Crippen MR) is 120 cm³/mol. The number of carbonyl (C=O) groups is 1. The Balaban J connectivity index is 1.57. The second kappa shape index (κ2) is 10.4. The van der Waals surface area contributed by atoms with Gasteiger partial charge in [0.15, 0.2) is 0 Å². The number of nitrogens with one attached hydrogen (secondary N) is 1. The molecule has 0 radical (unpaired) electrons. The van der Waals surface area contributed by atoms with Crippen LogP contribution in [0.5, 0.6) is 0 Å². The van der Waals surface area contributed by atoms with Gasteiger partial charge in [-0.3, -0.25) is 9.10 Å². The third-order valence-electron chi connectivity index (χ3n) is 4.39. The number of carbonyl (C=O) groups excluding carboxylic acids is 1. The van der Waals surface area contributed by atoms with E-state index in [1.165, 1.54) is 4.31 Å². The van der Waals surface area contributed by atoms with Crippen LogP contribution < -0.4 is 9.62 Å². The van der Waals surface area contributed by atoms with Gasteiger partial charge < -0.3 is 9.73 Å². The second-order valence-corrected chi connectivity index (χ2v) is 9.39. The first kappa shape index (κ1) is 22.0. The van der Waals surface area contributed by atoms with Crippen molar-refractivity contribution in [3.8, 4) is 0 Å². The molecule has 0 bridgehead atoms. The van der Waals surface area contributed by atoms with E-state index < -0.39 is 10.0 Å². The minimum atomic E-state index is -3.65. The van der Waals surface area contributed by atoms with Crippen molar-refractivity contribution < 1.29 is 17.6 Å². The lowest BCUT2D eigenvalue weighted by molar-refractivity contribution is 0.0956. The molecule has 0 unspecified atom stereocenters. The van der Waals surface area contributed by atoms with Crippen LogP contribution in [0.4, 0.5) is 5.69 Å². The average molecular weight is 445 g/mol. The van der Waals surface area contributed by atoms with E-state index in [1.807, 2.05) is 12.1 Å². The third-order valence-corrected chi connectivity index (χ3v) is 7.29. The van der Waals surface area contributed by atoms with Gasteiger partial charge in [-0.2, -0.15) is 11.8 Å². The highest BCUT2D eigenvalue weighted by atomic mass is 32.2. The van der Waals surface area contributed by atoms with Gasteiger partial charge in [0.05, 0.1) is 22.6 Å². The van der Waals surface area contributed by atoms with Crippen molar-refractivity contribution in [2.75, 3.05) is 23.1 Å². The molecule has 1 heterocycles. The van der Waals surface area contributed by atoms with E-state index in [0.717, 1.165) is 17.3 Å². The maximum Gasteiger partial charge on any atom is 0.264 e. The van der Waals surface area contributed by atoms with E-state index in [1.54, 1.807) is 79.5 Å². The van der Waals surface area contributed by atoms with Gasteiger partial charge in [0, 0.05) is 24.4 Å². The molecule has 0 saturated heterocycles. The monoisotopic (exact) mass is 444 g/mol. The van der Waals surface area contributed by atoms with E-state index in [2.05, 4.69) is 5.32 Å². The SMILES string of the molecule is CCN(c1ccc(C(=O)NCCSCc2ccco2)cc1)S(=O)(=O)c1ccccc1. The maximum atomic E-state index is 12.9. The molecule has 3 rings (SSSR count). The van der Waals surface area contributed by atoms with Crippen molar-refractivity contribution in [2.45, 2.75) is 17.6 Å². The Bertz CT molecular complexity index is 1030. The first-order valence-corrected chi connectivity index (χ1v) is 12.2. The summed E-state index contributed by atoms with van der Waals surface area (Å²) in [6.07, 6.45) is 1.64. The number of amides is 1. The summed E-state index contributed by atoms with van der Waals surface area (Å²) in [7, 11) is -3.65. The van der Waals surface area contributed by atoms with Crippen LogP contribution in [0.15, 0.2) is 82.3 Å². The zero-order valence-electron chi connectivity index (χ0n) is 16.7. The van der Waals surface area contributed by atoms with Crippen LogP contribution in [-0.4, -0.2) is 33.2 Å². The molecule has 0 aliphatic rings. The van der Waals surface area contributed by atoms with Crippen molar-refractivity contribution in [3.05, 3.63) is 84.3 Å². The molecule has 1 N–H and O–H groups in total. The fourth-order valence-electron chi connectivity index (χ4n) is 2.90. The molecule has 1 aromatic heterocycles. The highest BCUT2D eigenvalue weighted by Crippen LogP contribution is 2.23. The number of nitrogens with zero attached hydrogens (tertiary/aromatic N) is 1. The van der Waals surface area contributed by atoms with E-state index in [0.29, 0.717) is 17.8 Å². The fourth-order valence-corrected chi connectivity index (χ4v) is 5.15. The summed E-state index contributed by atoms with van der Waals surface area (Å²) in [6, 6.07) is 18.7.